The highest BCUT2D eigenvalue weighted by Gasteiger charge is 2.56. The van der Waals surface area contributed by atoms with Gasteiger partial charge in [-0.05, 0) is 23.1 Å². The van der Waals surface area contributed by atoms with E-state index in [1.54, 1.807) is 6.07 Å². The summed E-state index contributed by atoms with van der Waals surface area (Å²) in [7, 11) is 0. The molecule has 0 spiro atoms. The van der Waals surface area contributed by atoms with Gasteiger partial charge in [-0.25, -0.2) is 0 Å². The molecule has 3 nitrogen and oxygen atoms in total. The van der Waals surface area contributed by atoms with Gasteiger partial charge in [0.2, 0.25) is 0 Å². The second-order valence-electron chi connectivity index (χ2n) is 4.57. The molecule has 2 atom stereocenters. The Morgan fingerprint density at radius 1 is 1.21 bits per heavy atom. The molecule has 0 aromatic heterocycles. The summed E-state index contributed by atoms with van der Waals surface area (Å²) in [5, 5.41) is 18.5. The van der Waals surface area contributed by atoms with Gasteiger partial charge < -0.3 is 15.9 Å². The van der Waals surface area contributed by atoms with E-state index in [1.165, 1.54) is 6.07 Å². The number of hydrogen-bond donors (Lipinski definition) is 3. The fraction of sp³-hybridized carbons (Fsp3) is 0.455. The fourth-order valence-corrected chi connectivity index (χ4v) is 2.05. The lowest BCUT2D eigenvalue weighted by molar-refractivity contribution is 0.403. The van der Waals surface area contributed by atoms with Crippen LogP contribution in [0, 0.1) is 5.41 Å². The number of phenolic OH excluding ortho intramolecular Hbond substituents is 2. The molecule has 0 radical (unpaired) electrons. The average Bonchev–Trinajstić information content (AvgIpc) is 2.58. The molecule has 0 unspecified atom stereocenters. The molecule has 2 rings (SSSR count). The molecule has 1 fully saturated rings. The zero-order valence-electron chi connectivity index (χ0n) is 8.36. The lowest BCUT2D eigenvalue weighted by Gasteiger charge is -2.04. The Hall–Kier alpha value is -1.22. The Labute approximate surface area is 83.2 Å². The highest BCUT2D eigenvalue weighted by Crippen LogP contribution is 2.57. The van der Waals surface area contributed by atoms with Gasteiger partial charge in [0.05, 0.1) is 0 Å². The molecule has 1 saturated carbocycles. The molecule has 0 bridgehead atoms. The zero-order chi connectivity index (χ0) is 10.5. The minimum Gasteiger partial charge on any atom is -0.504 e. The van der Waals surface area contributed by atoms with Crippen LogP contribution in [0.4, 0.5) is 0 Å². The minimum atomic E-state index is -0.0826. The van der Waals surface area contributed by atoms with Crippen molar-refractivity contribution in [2.75, 3.05) is 0 Å². The molecule has 1 aliphatic rings. The average molecular weight is 193 g/mol. The van der Waals surface area contributed by atoms with Crippen molar-refractivity contribution in [2.24, 2.45) is 11.1 Å². The van der Waals surface area contributed by atoms with Crippen molar-refractivity contribution >= 4 is 0 Å². The standard InChI is InChI=1S/C11H15NO2/c1-11(2)9(10(11)12)6-3-4-7(13)8(14)5-6/h3-5,9-10,13-14H,12H2,1-2H3/t9-,10-/m0/s1. The van der Waals surface area contributed by atoms with Crippen LogP contribution in [0.25, 0.3) is 0 Å². The van der Waals surface area contributed by atoms with Gasteiger partial charge >= 0.3 is 0 Å². The Morgan fingerprint density at radius 3 is 2.21 bits per heavy atom. The molecule has 0 heterocycles. The van der Waals surface area contributed by atoms with E-state index in [1.807, 2.05) is 6.07 Å². The summed E-state index contributed by atoms with van der Waals surface area (Å²) >= 11 is 0. The maximum absolute atomic E-state index is 9.34. The summed E-state index contributed by atoms with van der Waals surface area (Å²) in [6.07, 6.45) is 0. The predicted octanol–water partition coefficient (Wildman–Crippen LogP) is 1.55. The number of phenols is 2. The Kier molecular flexibility index (Phi) is 1.76. The molecule has 0 saturated heterocycles. The van der Waals surface area contributed by atoms with E-state index in [0.717, 1.165) is 5.56 Å². The van der Waals surface area contributed by atoms with Gasteiger partial charge in [-0.15, -0.1) is 0 Å². The van der Waals surface area contributed by atoms with Gasteiger partial charge in [0, 0.05) is 12.0 Å². The van der Waals surface area contributed by atoms with E-state index in [4.69, 9.17) is 10.8 Å². The molecule has 3 heteroatoms. The molecule has 1 aliphatic carbocycles. The zero-order valence-corrected chi connectivity index (χ0v) is 8.36. The molecule has 76 valence electrons. The number of rotatable bonds is 1. The van der Waals surface area contributed by atoms with Crippen molar-refractivity contribution < 1.29 is 10.2 Å². The number of benzene rings is 1. The van der Waals surface area contributed by atoms with Gasteiger partial charge in [-0.3, -0.25) is 0 Å². The summed E-state index contributed by atoms with van der Waals surface area (Å²) in [5.74, 6) is 0.132. The third-order valence-electron chi connectivity index (χ3n) is 3.27. The molecule has 14 heavy (non-hydrogen) atoms. The van der Waals surface area contributed by atoms with Crippen LogP contribution in [0.15, 0.2) is 18.2 Å². The van der Waals surface area contributed by atoms with Crippen molar-refractivity contribution in [1.82, 2.24) is 0 Å². The van der Waals surface area contributed by atoms with Crippen LogP contribution in [0.5, 0.6) is 11.5 Å². The first-order chi connectivity index (χ1) is 6.44. The minimum absolute atomic E-state index is 0.0719. The highest BCUT2D eigenvalue weighted by molar-refractivity contribution is 5.45. The lowest BCUT2D eigenvalue weighted by Crippen LogP contribution is -2.06. The van der Waals surface area contributed by atoms with Gasteiger partial charge in [-0.1, -0.05) is 19.9 Å². The Balaban J connectivity index is 2.32. The van der Waals surface area contributed by atoms with Crippen molar-refractivity contribution in [3.63, 3.8) is 0 Å². The van der Waals surface area contributed by atoms with Crippen LogP contribution >= 0.6 is 0 Å². The first kappa shape index (κ1) is 9.34. The van der Waals surface area contributed by atoms with E-state index in [0.29, 0.717) is 0 Å². The molecular formula is C11H15NO2. The molecule has 4 N–H and O–H groups in total. The summed E-state index contributed by atoms with van der Waals surface area (Å²) in [4.78, 5) is 0. The summed E-state index contributed by atoms with van der Waals surface area (Å²) in [6, 6.07) is 5.06. The number of aromatic hydroxyl groups is 2. The second kappa shape index (κ2) is 2.64. The first-order valence-corrected chi connectivity index (χ1v) is 4.72. The molecule has 1 aromatic carbocycles. The van der Waals surface area contributed by atoms with Gasteiger partial charge in [0.1, 0.15) is 0 Å². The molecule has 0 amide bonds. The largest absolute Gasteiger partial charge is 0.504 e. The number of hydrogen-bond acceptors (Lipinski definition) is 3. The predicted molar refractivity (Wildman–Crippen MR) is 54.3 cm³/mol. The molecule has 1 aromatic rings. The third kappa shape index (κ3) is 1.16. The van der Waals surface area contributed by atoms with Gasteiger partial charge in [0.15, 0.2) is 11.5 Å². The van der Waals surface area contributed by atoms with Gasteiger partial charge in [-0.2, -0.15) is 0 Å². The molecular weight excluding hydrogens is 178 g/mol. The normalized spacial score (nSPS) is 28.8. The van der Waals surface area contributed by atoms with E-state index in [2.05, 4.69) is 13.8 Å². The van der Waals surface area contributed by atoms with E-state index in [9.17, 15) is 5.11 Å². The van der Waals surface area contributed by atoms with Crippen LogP contribution in [0.2, 0.25) is 0 Å². The second-order valence-corrected chi connectivity index (χ2v) is 4.57. The summed E-state index contributed by atoms with van der Waals surface area (Å²) in [6.45, 7) is 4.21. The quantitative estimate of drug-likeness (QED) is 0.593. The van der Waals surface area contributed by atoms with Crippen LogP contribution in [0.3, 0.4) is 0 Å². The van der Waals surface area contributed by atoms with E-state index >= 15 is 0 Å². The van der Waals surface area contributed by atoms with E-state index in [-0.39, 0.29) is 28.9 Å². The maximum Gasteiger partial charge on any atom is 0.157 e. The topological polar surface area (TPSA) is 66.5 Å². The van der Waals surface area contributed by atoms with Crippen LogP contribution in [-0.2, 0) is 0 Å². The van der Waals surface area contributed by atoms with Crippen molar-refractivity contribution in [1.29, 1.82) is 0 Å². The van der Waals surface area contributed by atoms with Crippen molar-refractivity contribution in [3.8, 4) is 11.5 Å². The SMILES string of the molecule is CC1(C)[C@@H](N)[C@@H]1c1ccc(O)c(O)c1. The van der Waals surface area contributed by atoms with Crippen molar-refractivity contribution in [2.45, 2.75) is 25.8 Å². The van der Waals surface area contributed by atoms with Crippen LogP contribution in [0.1, 0.15) is 25.3 Å². The fourth-order valence-electron chi connectivity index (χ4n) is 2.05. The Morgan fingerprint density at radius 2 is 1.79 bits per heavy atom. The van der Waals surface area contributed by atoms with Crippen LogP contribution in [-0.4, -0.2) is 16.3 Å². The van der Waals surface area contributed by atoms with Crippen molar-refractivity contribution in [3.05, 3.63) is 23.8 Å². The van der Waals surface area contributed by atoms with E-state index < -0.39 is 0 Å². The van der Waals surface area contributed by atoms with Crippen LogP contribution < -0.4 is 5.73 Å². The van der Waals surface area contributed by atoms with Gasteiger partial charge in [0.25, 0.3) is 0 Å². The smallest absolute Gasteiger partial charge is 0.157 e. The third-order valence-corrected chi connectivity index (χ3v) is 3.27. The highest BCUT2D eigenvalue weighted by atomic mass is 16.3. The first-order valence-electron chi connectivity index (χ1n) is 4.72. The lowest BCUT2D eigenvalue weighted by atomic mass is 10.0. The monoisotopic (exact) mass is 193 g/mol. The maximum atomic E-state index is 9.34. The summed E-state index contributed by atoms with van der Waals surface area (Å²) in [5.41, 5.74) is 7.02. The summed E-state index contributed by atoms with van der Waals surface area (Å²) < 4.78 is 0. The molecule has 0 aliphatic heterocycles. The Bertz CT molecular complexity index is 374. The number of nitrogens with two attached hydrogens (primary N) is 1.